The van der Waals surface area contributed by atoms with Crippen LogP contribution >= 0.6 is 0 Å². The van der Waals surface area contributed by atoms with Gasteiger partial charge < -0.3 is 5.11 Å². The fourth-order valence-electron chi connectivity index (χ4n) is 3.08. The lowest BCUT2D eigenvalue weighted by Gasteiger charge is -2.36. The van der Waals surface area contributed by atoms with Crippen LogP contribution in [0.1, 0.15) is 32.1 Å². The lowest BCUT2D eigenvalue weighted by atomic mass is 10.1. The standard InChI is InChI=1S/C12H21NO4S/c14-12(15)7-11-9-18(16,17)6-5-13(11)8-10-3-1-2-4-10/h10-11H,1-9H2,(H,14,15). The Labute approximate surface area is 108 Å². The van der Waals surface area contributed by atoms with E-state index in [9.17, 15) is 13.2 Å². The van der Waals surface area contributed by atoms with E-state index in [-0.39, 0.29) is 24.0 Å². The van der Waals surface area contributed by atoms with E-state index >= 15 is 0 Å². The van der Waals surface area contributed by atoms with Gasteiger partial charge in [-0.05, 0) is 18.8 Å². The van der Waals surface area contributed by atoms with Crippen molar-refractivity contribution in [3.8, 4) is 0 Å². The van der Waals surface area contributed by atoms with Crippen LogP contribution in [-0.4, -0.2) is 55.0 Å². The van der Waals surface area contributed by atoms with E-state index in [0.717, 1.165) is 6.54 Å². The SMILES string of the molecule is O=C(O)CC1CS(=O)(=O)CCN1CC1CCCC1. The first kappa shape index (κ1) is 13.8. The van der Waals surface area contributed by atoms with Crippen LogP contribution in [0, 0.1) is 5.92 Å². The van der Waals surface area contributed by atoms with Gasteiger partial charge in [0.1, 0.15) is 0 Å². The number of sulfone groups is 1. The van der Waals surface area contributed by atoms with Gasteiger partial charge in [0.25, 0.3) is 0 Å². The minimum atomic E-state index is -3.05. The van der Waals surface area contributed by atoms with Crippen LogP contribution in [0.2, 0.25) is 0 Å². The Morgan fingerprint density at radius 2 is 1.94 bits per heavy atom. The van der Waals surface area contributed by atoms with Crippen LogP contribution < -0.4 is 0 Å². The molecule has 1 N–H and O–H groups in total. The molecule has 1 saturated heterocycles. The summed E-state index contributed by atoms with van der Waals surface area (Å²) in [6.45, 7) is 1.37. The molecule has 1 atom stereocenters. The third-order valence-electron chi connectivity index (χ3n) is 4.03. The highest BCUT2D eigenvalue weighted by atomic mass is 32.2. The molecular weight excluding hydrogens is 254 g/mol. The molecule has 0 radical (unpaired) electrons. The van der Waals surface area contributed by atoms with Crippen molar-refractivity contribution in [3.05, 3.63) is 0 Å². The van der Waals surface area contributed by atoms with Crippen molar-refractivity contribution in [2.24, 2.45) is 5.92 Å². The smallest absolute Gasteiger partial charge is 0.304 e. The summed E-state index contributed by atoms with van der Waals surface area (Å²) in [6.07, 6.45) is 4.83. The van der Waals surface area contributed by atoms with E-state index in [0.29, 0.717) is 12.5 Å². The average molecular weight is 275 g/mol. The summed E-state index contributed by atoms with van der Waals surface area (Å²) in [5.41, 5.74) is 0. The second-order valence-corrected chi connectivity index (χ2v) is 7.74. The maximum Gasteiger partial charge on any atom is 0.304 e. The molecule has 0 aromatic carbocycles. The summed E-state index contributed by atoms with van der Waals surface area (Å²) < 4.78 is 23.2. The van der Waals surface area contributed by atoms with Crippen molar-refractivity contribution in [1.82, 2.24) is 4.90 Å². The third kappa shape index (κ3) is 3.68. The summed E-state index contributed by atoms with van der Waals surface area (Å²) in [7, 11) is -3.05. The van der Waals surface area contributed by atoms with Gasteiger partial charge in [0.2, 0.25) is 0 Å². The first-order valence-corrected chi connectivity index (χ1v) is 8.45. The maximum absolute atomic E-state index is 11.6. The average Bonchev–Trinajstić information content (AvgIpc) is 2.73. The van der Waals surface area contributed by atoms with Gasteiger partial charge in [-0.2, -0.15) is 0 Å². The van der Waals surface area contributed by atoms with Crippen LogP contribution in [0.15, 0.2) is 0 Å². The summed E-state index contributed by atoms with van der Waals surface area (Å²) >= 11 is 0. The van der Waals surface area contributed by atoms with Crippen molar-refractivity contribution in [2.45, 2.75) is 38.1 Å². The van der Waals surface area contributed by atoms with Crippen LogP contribution in [0.25, 0.3) is 0 Å². The molecule has 1 aliphatic carbocycles. The molecule has 104 valence electrons. The van der Waals surface area contributed by atoms with Gasteiger partial charge in [0.15, 0.2) is 9.84 Å². The number of hydrogen-bond donors (Lipinski definition) is 1. The first-order valence-electron chi connectivity index (χ1n) is 6.62. The minimum Gasteiger partial charge on any atom is -0.481 e. The Kier molecular flexibility index (Phi) is 4.27. The molecule has 1 heterocycles. The highest BCUT2D eigenvalue weighted by molar-refractivity contribution is 7.91. The number of carboxylic acids is 1. The molecule has 0 spiro atoms. The Balaban J connectivity index is 1.99. The van der Waals surface area contributed by atoms with E-state index < -0.39 is 15.8 Å². The van der Waals surface area contributed by atoms with Crippen molar-refractivity contribution < 1.29 is 18.3 Å². The Morgan fingerprint density at radius 3 is 2.56 bits per heavy atom. The summed E-state index contributed by atoms with van der Waals surface area (Å²) in [6, 6.07) is -0.332. The van der Waals surface area contributed by atoms with Crippen molar-refractivity contribution in [1.29, 1.82) is 0 Å². The van der Waals surface area contributed by atoms with Crippen LogP contribution in [0.5, 0.6) is 0 Å². The predicted molar refractivity (Wildman–Crippen MR) is 68.2 cm³/mol. The zero-order chi connectivity index (χ0) is 13.2. The molecule has 1 aliphatic heterocycles. The predicted octanol–water partition coefficient (Wildman–Crippen LogP) is 0.750. The molecule has 0 aromatic rings. The summed E-state index contributed by atoms with van der Waals surface area (Å²) in [4.78, 5) is 12.9. The van der Waals surface area contributed by atoms with Crippen LogP contribution in [0.4, 0.5) is 0 Å². The lowest BCUT2D eigenvalue weighted by molar-refractivity contribution is -0.138. The minimum absolute atomic E-state index is 0.00597. The monoisotopic (exact) mass is 275 g/mol. The van der Waals surface area contributed by atoms with Gasteiger partial charge in [-0.3, -0.25) is 9.69 Å². The van der Waals surface area contributed by atoms with E-state index in [4.69, 9.17) is 5.11 Å². The highest BCUT2D eigenvalue weighted by Crippen LogP contribution is 2.27. The van der Waals surface area contributed by atoms with E-state index in [1.54, 1.807) is 0 Å². The molecule has 2 rings (SSSR count). The Hall–Kier alpha value is -0.620. The van der Waals surface area contributed by atoms with Gasteiger partial charge in [0, 0.05) is 19.1 Å². The van der Waals surface area contributed by atoms with Gasteiger partial charge in [-0.15, -0.1) is 0 Å². The normalized spacial score (nSPS) is 29.4. The second-order valence-electron chi connectivity index (χ2n) is 5.51. The fourth-order valence-corrected chi connectivity index (χ4v) is 4.67. The number of hydrogen-bond acceptors (Lipinski definition) is 4. The van der Waals surface area contributed by atoms with E-state index in [1.165, 1.54) is 25.7 Å². The Morgan fingerprint density at radius 1 is 1.28 bits per heavy atom. The molecule has 0 amide bonds. The largest absolute Gasteiger partial charge is 0.481 e. The molecule has 0 bridgehead atoms. The zero-order valence-electron chi connectivity index (χ0n) is 10.5. The quantitative estimate of drug-likeness (QED) is 0.819. The molecule has 2 aliphatic rings. The van der Waals surface area contributed by atoms with E-state index in [2.05, 4.69) is 4.90 Å². The molecule has 2 fully saturated rings. The molecule has 1 unspecified atom stereocenters. The van der Waals surface area contributed by atoms with E-state index in [1.807, 2.05) is 0 Å². The Bertz CT molecular complexity index is 400. The maximum atomic E-state index is 11.6. The van der Waals surface area contributed by atoms with Crippen LogP contribution in [-0.2, 0) is 14.6 Å². The molecule has 0 aromatic heterocycles. The van der Waals surface area contributed by atoms with Gasteiger partial charge in [-0.25, -0.2) is 8.42 Å². The second kappa shape index (κ2) is 5.57. The van der Waals surface area contributed by atoms with Gasteiger partial charge >= 0.3 is 5.97 Å². The molecule has 1 saturated carbocycles. The number of nitrogens with zero attached hydrogens (tertiary/aromatic N) is 1. The molecular formula is C12H21NO4S. The topological polar surface area (TPSA) is 74.7 Å². The first-order chi connectivity index (χ1) is 8.46. The highest BCUT2D eigenvalue weighted by Gasteiger charge is 2.34. The summed E-state index contributed by atoms with van der Waals surface area (Å²) in [5, 5.41) is 8.89. The number of carbonyl (C=O) groups is 1. The van der Waals surface area contributed by atoms with Crippen LogP contribution in [0.3, 0.4) is 0 Å². The molecule has 6 heteroatoms. The number of rotatable bonds is 4. The third-order valence-corrected chi connectivity index (χ3v) is 5.73. The summed E-state index contributed by atoms with van der Waals surface area (Å²) in [5.74, 6) is -0.0994. The van der Waals surface area contributed by atoms with Gasteiger partial charge in [0.05, 0.1) is 17.9 Å². The zero-order valence-corrected chi connectivity index (χ0v) is 11.4. The molecule has 18 heavy (non-hydrogen) atoms. The lowest BCUT2D eigenvalue weighted by Crippen LogP contribution is -2.50. The fraction of sp³-hybridized carbons (Fsp3) is 0.917. The van der Waals surface area contributed by atoms with Crippen molar-refractivity contribution in [3.63, 3.8) is 0 Å². The van der Waals surface area contributed by atoms with Crippen molar-refractivity contribution in [2.75, 3.05) is 24.6 Å². The molecule has 5 nitrogen and oxygen atoms in total. The van der Waals surface area contributed by atoms with Crippen molar-refractivity contribution >= 4 is 15.8 Å². The van der Waals surface area contributed by atoms with Gasteiger partial charge in [-0.1, -0.05) is 12.8 Å². The number of aliphatic carboxylic acids is 1. The number of carboxylic acid groups (broad SMARTS) is 1.